The molecule has 0 fully saturated rings. The van der Waals surface area contributed by atoms with Crippen LogP contribution in [0.3, 0.4) is 0 Å². The van der Waals surface area contributed by atoms with Crippen molar-refractivity contribution in [3.05, 3.63) is 76.6 Å². The van der Waals surface area contributed by atoms with E-state index in [0.717, 1.165) is 30.5 Å². The van der Waals surface area contributed by atoms with Gasteiger partial charge in [-0.15, -0.1) is 8.78 Å². The van der Waals surface area contributed by atoms with Crippen LogP contribution in [0.4, 0.5) is 30.7 Å². The second kappa shape index (κ2) is 8.59. The maximum absolute atomic E-state index is 14.7. The molecule has 0 spiro atoms. The number of carbonyl (C=O) groups is 1. The van der Waals surface area contributed by atoms with Gasteiger partial charge in [0.15, 0.2) is 11.5 Å². The molecule has 2 aromatic carbocycles. The van der Waals surface area contributed by atoms with Crippen molar-refractivity contribution in [1.82, 2.24) is 10.3 Å². The molecule has 2 heterocycles. The van der Waals surface area contributed by atoms with Gasteiger partial charge in [-0.1, -0.05) is 29.8 Å². The Balaban J connectivity index is 1.52. The fourth-order valence-electron chi connectivity index (χ4n) is 3.29. The van der Waals surface area contributed by atoms with Gasteiger partial charge >= 0.3 is 18.4 Å². The molecule has 5 nitrogen and oxygen atoms in total. The van der Waals surface area contributed by atoms with Crippen LogP contribution in [-0.4, -0.2) is 23.7 Å². The molecule has 1 aliphatic heterocycles. The van der Waals surface area contributed by atoms with Crippen molar-refractivity contribution in [3.63, 3.8) is 0 Å². The van der Waals surface area contributed by atoms with Gasteiger partial charge in [-0.3, -0.25) is 9.78 Å². The fraction of sp³-hybridized carbons (Fsp3) is 0.182. The molecule has 1 aliphatic rings. The van der Waals surface area contributed by atoms with Gasteiger partial charge in [-0.2, -0.15) is 22.0 Å². The molecular weight excluding hydrogens is 509 g/mol. The van der Waals surface area contributed by atoms with E-state index in [2.05, 4.69) is 14.5 Å². The summed E-state index contributed by atoms with van der Waals surface area (Å²) in [4.78, 5) is 15.8. The number of alkyl halides is 7. The number of aromatic nitrogens is 1. The average molecular weight is 521 g/mol. The Kier molecular flexibility index (Phi) is 6.04. The molecule has 0 bridgehead atoms. The van der Waals surface area contributed by atoms with Gasteiger partial charge in [-0.25, -0.2) is 0 Å². The minimum absolute atomic E-state index is 0.180. The molecule has 0 unspecified atom stereocenters. The Morgan fingerprint density at radius 2 is 1.66 bits per heavy atom. The van der Waals surface area contributed by atoms with E-state index in [1.54, 1.807) is 5.32 Å². The third kappa shape index (κ3) is 5.11. The maximum Gasteiger partial charge on any atom is 0.586 e. The second-order valence-electron chi connectivity index (χ2n) is 7.31. The molecule has 1 amide bonds. The van der Waals surface area contributed by atoms with Crippen molar-refractivity contribution in [2.24, 2.45) is 0 Å². The number of halogens is 8. The van der Waals surface area contributed by atoms with Crippen LogP contribution in [0.5, 0.6) is 11.5 Å². The molecular formula is C22H12ClF7N2O3. The molecule has 1 aromatic heterocycles. The Hall–Kier alpha value is -3.54. The lowest BCUT2D eigenvalue weighted by Crippen LogP contribution is -2.36. The van der Waals surface area contributed by atoms with Crippen LogP contribution < -0.4 is 14.8 Å². The number of rotatable bonds is 5. The van der Waals surface area contributed by atoms with Crippen molar-refractivity contribution >= 4 is 17.5 Å². The number of benzene rings is 2. The summed E-state index contributed by atoms with van der Waals surface area (Å²) in [6.45, 7) is -1.39. The fourth-order valence-corrected chi connectivity index (χ4v) is 3.60. The number of pyridine rings is 1. The third-order valence-electron chi connectivity index (χ3n) is 4.87. The highest BCUT2D eigenvalue weighted by Gasteiger charge is 2.43. The minimum atomic E-state index is -4.86. The second-order valence-corrected chi connectivity index (χ2v) is 7.72. The molecule has 35 heavy (non-hydrogen) atoms. The monoisotopic (exact) mass is 520 g/mol. The van der Waals surface area contributed by atoms with E-state index in [9.17, 15) is 35.5 Å². The van der Waals surface area contributed by atoms with Crippen molar-refractivity contribution in [1.29, 1.82) is 0 Å². The van der Waals surface area contributed by atoms with Gasteiger partial charge in [0.1, 0.15) is 5.69 Å². The summed E-state index contributed by atoms with van der Waals surface area (Å²) >= 11 is 5.96. The Morgan fingerprint density at radius 3 is 2.34 bits per heavy atom. The molecule has 0 atom stereocenters. The third-order valence-corrected chi connectivity index (χ3v) is 5.16. The summed E-state index contributed by atoms with van der Waals surface area (Å²) in [5.41, 5.74) is -2.60. The van der Waals surface area contributed by atoms with Crippen LogP contribution in [0, 0.1) is 0 Å². The normalized spacial score (nSPS) is 14.6. The van der Waals surface area contributed by atoms with E-state index in [1.807, 2.05) is 0 Å². The van der Waals surface area contributed by atoms with Crippen LogP contribution in [-0.2, 0) is 12.1 Å². The smallest absolute Gasteiger partial charge is 0.395 e. The van der Waals surface area contributed by atoms with E-state index < -0.39 is 52.7 Å². The number of nitrogens with zero attached hydrogens (tertiary/aromatic N) is 1. The molecule has 0 aliphatic carbocycles. The summed E-state index contributed by atoms with van der Waals surface area (Å²) in [5, 5.41) is 1.24. The molecule has 0 radical (unpaired) electrons. The van der Waals surface area contributed by atoms with Crippen LogP contribution in [0.2, 0.25) is 5.02 Å². The highest BCUT2D eigenvalue weighted by atomic mass is 35.5. The number of amides is 1. The zero-order valence-corrected chi connectivity index (χ0v) is 17.9. The number of carbonyl (C=O) groups excluding carboxylic acids is 1. The van der Waals surface area contributed by atoms with Crippen molar-refractivity contribution < 1.29 is 45.0 Å². The van der Waals surface area contributed by atoms with E-state index in [4.69, 9.17) is 11.6 Å². The Morgan fingerprint density at radius 1 is 0.971 bits per heavy atom. The van der Waals surface area contributed by atoms with Crippen LogP contribution in [0.15, 0.2) is 54.7 Å². The molecule has 13 heteroatoms. The largest absolute Gasteiger partial charge is 0.586 e. The molecule has 184 valence electrons. The lowest BCUT2D eigenvalue weighted by atomic mass is 10.1. The SMILES string of the molecule is O=C(NCC(F)(F)c1ncc(-c2ccc3c(c2)OC(F)(F)O3)cc1Cl)c1ccccc1C(F)(F)F. The molecule has 0 saturated carbocycles. The highest BCUT2D eigenvalue weighted by molar-refractivity contribution is 6.31. The van der Waals surface area contributed by atoms with Crippen LogP contribution >= 0.6 is 11.6 Å². The first-order valence-electron chi connectivity index (χ1n) is 9.65. The summed E-state index contributed by atoms with van der Waals surface area (Å²) in [7, 11) is 0. The number of fused-ring (bicyclic) bond motifs is 1. The van der Waals surface area contributed by atoms with Gasteiger partial charge in [0.05, 0.1) is 22.7 Å². The summed E-state index contributed by atoms with van der Waals surface area (Å²) in [6.07, 6.45) is -7.71. The first-order chi connectivity index (χ1) is 16.3. The highest BCUT2D eigenvalue weighted by Crippen LogP contribution is 2.43. The van der Waals surface area contributed by atoms with Crippen molar-refractivity contribution in [2.75, 3.05) is 6.54 Å². The molecule has 4 rings (SSSR count). The maximum atomic E-state index is 14.7. The van der Waals surface area contributed by atoms with Crippen LogP contribution in [0.1, 0.15) is 21.6 Å². The van der Waals surface area contributed by atoms with Gasteiger partial charge in [0.2, 0.25) is 0 Å². The van der Waals surface area contributed by atoms with Gasteiger partial charge in [0.25, 0.3) is 5.91 Å². The number of hydrogen-bond acceptors (Lipinski definition) is 4. The zero-order chi connectivity index (χ0) is 25.6. The predicted octanol–water partition coefficient (Wildman–Crippen LogP) is 6.26. The van der Waals surface area contributed by atoms with Crippen molar-refractivity contribution in [3.8, 4) is 22.6 Å². The molecule has 3 aromatic rings. The van der Waals surface area contributed by atoms with E-state index in [0.29, 0.717) is 6.07 Å². The van der Waals surface area contributed by atoms with Gasteiger partial charge in [0, 0.05) is 11.8 Å². The van der Waals surface area contributed by atoms with E-state index in [-0.39, 0.29) is 22.6 Å². The number of nitrogens with one attached hydrogen (secondary N) is 1. The van der Waals surface area contributed by atoms with E-state index in [1.165, 1.54) is 18.2 Å². The first kappa shape index (κ1) is 24.6. The molecule has 0 saturated heterocycles. The van der Waals surface area contributed by atoms with Crippen LogP contribution in [0.25, 0.3) is 11.1 Å². The Bertz CT molecular complexity index is 1300. The van der Waals surface area contributed by atoms with Crippen molar-refractivity contribution in [2.45, 2.75) is 18.4 Å². The summed E-state index contributed by atoms with van der Waals surface area (Å²) in [6, 6.07) is 8.55. The van der Waals surface area contributed by atoms with Gasteiger partial charge in [-0.05, 0) is 35.9 Å². The number of ether oxygens (including phenoxy) is 2. The quantitative estimate of drug-likeness (QED) is 0.403. The lowest BCUT2D eigenvalue weighted by molar-refractivity contribution is -0.286. The lowest BCUT2D eigenvalue weighted by Gasteiger charge is -2.19. The standard InChI is InChI=1S/C22H12ClF7N2O3/c23-15-7-12(11-5-6-16-17(8-11)35-22(29,30)34-16)9-31-18(15)20(24,25)10-32-19(33)13-3-1-2-4-14(13)21(26,27)28/h1-9H,10H2,(H,32,33). The zero-order valence-electron chi connectivity index (χ0n) is 17.1. The van der Waals surface area contributed by atoms with Gasteiger partial charge < -0.3 is 14.8 Å². The number of hydrogen-bond donors (Lipinski definition) is 1. The Labute approximate surface area is 197 Å². The average Bonchev–Trinajstić information content (AvgIpc) is 3.09. The first-order valence-corrected chi connectivity index (χ1v) is 10.0. The minimum Gasteiger partial charge on any atom is -0.395 e. The summed E-state index contributed by atoms with van der Waals surface area (Å²) in [5.74, 6) is -5.71. The van der Waals surface area contributed by atoms with E-state index >= 15 is 0 Å². The topological polar surface area (TPSA) is 60.5 Å². The predicted molar refractivity (Wildman–Crippen MR) is 109 cm³/mol. The molecule has 1 N–H and O–H groups in total. The summed E-state index contributed by atoms with van der Waals surface area (Å²) < 4.78 is 104.